The first-order valence-electron chi connectivity index (χ1n) is 9.94. The molecule has 7 heteroatoms. The Hall–Kier alpha value is -2.22. The minimum Gasteiger partial charge on any atom is -0.389 e. The molecule has 0 radical (unpaired) electrons. The van der Waals surface area contributed by atoms with Crippen LogP contribution in [-0.2, 0) is 34.1 Å². The average Bonchev–Trinajstić information content (AvgIpc) is 3.22. The van der Waals surface area contributed by atoms with Crippen molar-refractivity contribution in [2.24, 2.45) is 5.92 Å². The molecule has 1 aliphatic heterocycles. The largest absolute Gasteiger partial charge is 0.389 e. The Labute approximate surface area is 171 Å². The zero-order chi connectivity index (χ0) is 20.3. The molecule has 2 aromatic carbocycles. The van der Waals surface area contributed by atoms with Crippen molar-refractivity contribution in [3.8, 4) is 0 Å². The number of para-hydroxylation sites is 2. The number of rotatable bonds is 8. The van der Waals surface area contributed by atoms with Crippen LogP contribution in [-0.4, -0.2) is 47.3 Å². The van der Waals surface area contributed by atoms with Crippen molar-refractivity contribution in [1.82, 2.24) is 9.55 Å². The number of imidazole rings is 1. The maximum atomic E-state index is 11.8. The summed E-state index contributed by atoms with van der Waals surface area (Å²) in [6, 6.07) is 17.7. The molecule has 154 valence electrons. The first-order chi connectivity index (χ1) is 14.0. The van der Waals surface area contributed by atoms with E-state index in [4.69, 9.17) is 9.72 Å². The molecule has 0 saturated carbocycles. The van der Waals surface area contributed by atoms with E-state index in [9.17, 15) is 13.5 Å². The summed E-state index contributed by atoms with van der Waals surface area (Å²) in [6.07, 6.45) is 0.599. The highest BCUT2D eigenvalue weighted by atomic mass is 32.2. The Morgan fingerprint density at radius 1 is 1.14 bits per heavy atom. The second-order valence-corrected chi connectivity index (χ2v) is 9.98. The maximum absolute atomic E-state index is 11.8. The van der Waals surface area contributed by atoms with Gasteiger partial charge in [-0.25, -0.2) is 13.4 Å². The lowest BCUT2D eigenvalue weighted by Gasteiger charge is -2.16. The van der Waals surface area contributed by atoms with Gasteiger partial charge in [0.2, 0.25) is 0 Å². The fourth-order valence-corrected chi connectivity index (χ4v) is 5.79. The Kier molecular flexibility index (Phi) is 5.99. The van der Waals surface area contributed by atoms with Crippen molar-refractivity contribution in [3.05, 3.63) is 66.0 Å². The van der Waals surface area contributed by atoms with E-state index in [-0.39, 0.29) is 24.0 Å². The van der Waals surface area contributed by atoms with Crippen molar-refractivity contribution in [3.63, 3.8) is 0 Å². The molecule has 0 amide bonds. The molecule has 1 fully saturated rings. The molecular formula is C22H26N2O4S. The summed E-state index contributed by atoms with van der Waals surface area (Å²) in [5.74, 6) is 1.39. The van der Waals surface area contributed by atoms with Gasteiger partial charge >= 0.3 is 0 Å². The summed E-state index contributed by atoms with van der Waals surface area (Å²) >= 11 is 0. The van der Waals surface area contributed by atoms with Gasteiger partial charge in [-0.2, -0.15) is 0 Å². The topological polar surface area (TPSA) is 81.4 Å². The van der Waals surface area contributed by atoms with Crippen LogP contribution in [0.4, 0.5) is 0 Å². The van der Waals surface area contributed by atoms with E-state index < -0.39 is 15.9 Å². The molecule has 4 rings (SSSR count). The third-order valence-corrected chi connectivity index (χ3v) is 7.18. The summed E-state index contributed by atoms with van der Waals surface area (Å²) in [7, 11) is -2.93. The summed E-state index contributed by atoms with van der Waals surface area (Å²) < 4.78 is 31.3. The van der Waals surface area contributed by atoms with E-state index in [1.807, 2.05) is 59.2 Å². The van der Waals surface area contributed by atoms with Gasteiger partial charge in [-0.3, -0.25) is 0 Å². The van der Waals surface area contributed by atoms with E-state index in [0.717, 1.165) is 22.4 Å². The molecule has 0 aliphatic carbocycles. The van der Waals surface area contributed by atoms with E-state index in [1.165, 1.54) is 0 Å². The second kappa shape index (κ2) is 8.65. The van der Waals surface area contributed by atoms with Crippen LogP contribution in [0.25, 0.3) is 11.0 Å². The summed E-state index contributed by atoms with van der Waals surface area (Å²) in [5, 5.41) is 10.6. The van der Waals surface area contributed by atoms with Crippen molar-refractivity contribution < 1.29 is 18.3 Å². The van der Waals surface area contributed by atoms with Gasteiger partial charge in [-0.15, -0.1) is 0 Å². The van der Waals surface area contributed by atoms with Gasteiger partial charge in [0, 0.05) is 6.42 Å². The van der Waals surface area contributed by atoms with E-state index in [2.05, 4.69) is 0 Å². The van der Waals surface area contributed by atoms with Crippen LogP contribution in [0.1, 0.15) is 17.8 Å². The quantitative estimate of drug-likeness (QED) is 0.613. The number of aliphatic hydroxyl groups is 1. The minimum atomic E-state index is -2.93. The van der Waals surface area contributed by atoms with E-state index in [0.29, 0.717) is 26.0 Å². The van der Waals surface area contributed by atoms with Crippen LogP contribution in [0.15, 0.2) is 54.6 Å². The second-order valence-electron chi connectivity index (χ2n) is 7.76. The number of hydrogen-bond acceptors (Lipinski definition) is 5. The van der Waals surface area contributed by atoms with Crippen molar-refractivity contribution in [1.29, 1.82) is 0 Å². The number of hydrogen-bond donors (Lipinski definition) is 1. The van der Waals surface area contributed by atoms with Gasteiger partial charge in [-0.05, 0) is 30.0 Å². The van der Waals surface area contributed by atoms with Gasteiger partial charge in [-0.1, -0.05) is 42.5 Å². The zero-order valence-corrected chi connectivity index (χ0v) is 17.1. The Bertz CT molecular complexity index is 1060. The maximum Gasteiger partial charge on any atom is 0.150 e. The standard InChI is InChI=1S/C22H26N2O4S/c25-19(15-28-14-17-6-2-1-3-7-17)13-24-21-9-5-4-8-20(21)23-22(24)12-18-10-11-29(26,27)16-18/h1-9,18-19,25H,10-16H2/t18-,19+/m1/s1. The SMILES string of the molecule is O=S1(=O)CC[C@H](Cc2nc3ccccc3n2C[C@H](O)COCc2ccccc2)C1. The van der Waals surface area contributed by atoms with Crippen molar-refractivity contribution in [2.75, 3.05) is 18.1 Å². The fraction of sp³-hybridized carbons (Fsp3) is 0.409. The van der Waals surface area contributed by atoms with E-state index in [1.54, 1.807) is 0 Å². The van der Waals surface area contributed by atoms with Crippen molar-refractivity contribution >= 4 is 20.9 Å². The summed E-state index contributed by atoms with van der Waals surface area (Å²) in [5.41, 5.74) is 2.88. The molecule has 0 bridgehead atoms. The molecule has 2 atom stereocenters. The predicted octanol–water partition coefficient (Wildman–Crippen LogP) is 2.59. The first-order valence-corrected chi connectivity index (χ1v) is 11.8. The third-order valence-electron chi connectivity index (χ3n) is 5.35. The lowest BCUT2D eigenvalue weighted by Crippen LogP contribution is -2.24. The molecule has 1 saturated heterocycles. The fourth-order valence-electron chi connectivity index (χ4n) is 3.93. The van der Waals surface area contributed by atoms with Crippen LogP contribution in [0, 0.1) is 5.92 Å². The smallest absolute Gasteiger partial charge is 0.150 e. The van der Waals surface area contributed by atoms with Gasteiger partial charge < -0.3 is 14.4 Å². The highest BCUT2D eigenvalue weighted by molar-refractivity contribution is 7.91. The average molecular weight is 415 g/mol. The predicted molar refractivity (Wildman–Crippen MR) is 112 cm³/mol. The molecule has 3 aromatic rings. The summed E-state index contributed by atoms with van der Waals surface area (Å²) in [6.45, 7) is 1.04. The van der Waals surface area contributed by atoms with Crippen LogP contribution < -0.4 is 0 Å². The summed E-state index contributed by atoms with van der Waals surface area (Å²) in [4.78, 5) is 4.72. The van der Waals surface area contributed by atoms with Gasteiger partial charge in [0.25, 0.3) is 0 Å². The number of benzene rings is 2. The molecular weight excluding hydrogens is 388 g/mol. The number of nitrogens with zero attached hydrogens (tertiary/aromatic N) is 2. The molecule has 1 N–H and O–H groups in total. The minimum absolute atomic E-state index is 0.0852. The zero-order valence-electron chi connectivity index (χ0n) is 16.3. The van der Waals surface area contributed by atoms with Gasteiger partial charge in [0.15, 0.2) is 9.84 Å². The molecule has 0 spiro atoms. The molecule has 1 aromatic heterocycles. The van der Waals surface area contributed by atoms with Crippen LogP contribution in [0.3, 0.4) is 0 Å². The van der Waals surface area contributed by atoms with Gasteiger partial charge in [0.05, 0.1) is 48.4 Å². The normalized spacial score (nSPS) is 19.6. The molecule has 2 heterocycles. The number of ether oxygens (including phenoxy) is 1. The molecule has 6 nitrogen and oxygen atoms in total. The molecule has 29 heavy (non-hydrogen) atoms. The van der Waals surface area contributed by atoms with Crippen LogP contribution in [0.5, 0.6) is 0 Å². The Balaban J connectivity index is 1.45. The molecule has 0 unspecified atom stereocenters. The van der Waals surface area contributed by atoms with Crippen molar-refractivity contribution in [2.45, 2.75) is 32.1 Å². The van der Waals surface area contributed by atoms with E-state index >= 15 is 0 Å². The number of aliphatic hydroxyl groups excluding tert-OH is 1. The monoisotopic (exact) mass is 414 g/mol. The number of fused-ring (bicyclic) bond motifs is 1. The number of aromatic nitrogens is 2. The van der Waals surface area contributed by atoms with Crippen LogP contribution >= 0.6 is 0 Å². The highest BCUT2D eigenvalue weighted by Gasteiger charge is 2.29. The Morgan fingerprint density at radius 3 is 2.66 bits per heavy atom. The highest BCUT2D eigenvalue weighted by Crippen LogP contribution is 2.25. The third kappa shape index (κ3) is 5.04. The van der Waals surface area contributed by atoms with Crippen LogP contribution in [0.2, 0.25) is 0 Å². The molecule has 1 aliphatic rings. The lowest BCUT2D eigenvalue weighted by atomic mass is 10.1. The first kappa shape index (κ1) is 20.1. The Morgan fingerprint density at radius 2 is 1.90 bits per heavy atom. The van der Waals surface area contributed by atoms with Gasteiger partial charge in [0.1, 0.15) is 5.82 Å². The lowest BCUT2D eigenvalue weighted by molar-refractivity contribution is 0.0205. The number of sulfone groups is 1.